The Bertz CT molecular complexity index is 702. The van der Waals surface area contributed by atoms with E-state index in [-0.39, 0.29) is 11.1 Å². The number of nitrogens with zero attached hydrogens (tertiary/aromatic N) is 2. The number of hydrogen-bond acceptors (Lipinski definition) is 0. The molecule has 2 aromatic rings. The molecule has 0 atom stereocenters. The predicted octanol–water partition coefficient (Wildman–Crippen LogP) is 4.96. The van der Waals surface area contributed by atoms with E-state index < -0.39 is 11.7 Å². The molecule has 2 nitrogen and oxygen atoms in total. The second kappa shape index (κ2) is 5.04. The van der Waals surface area contributed by atoms with E-state index in [0.717, 1.165) is 5.69 Å². The maximum Gasteiger partial charge on any atom is 0.408 e. The molecule has 0 aliphatic heterocycles. The highest BCUT2D eigenvalue weighted by Crippen LogP contribution is 2.42. The van der Waals surface area contributed by atoms with Gasteiger partial charge in [0, 0.05) is 23.1 Å². The van der Waals surface area contributed by atoms with E-state index in [0.29, 0.717) is 18.5 Å². The maximum absolute atomic E-state index is 13.2. The summed E-state index contributed by atoms with van der Waals surface area (Å²) < 4.78 is 41.5. The molecular formula is C15H13F3N2. The molecule has 1 aromatic carbocycles. The number of aryl methyl sites for hydroxylation is 1. The molecule has 0 N–H and O–H groups in total. The van der Waals surface area contributed by atoms with E-state index >= 15 is 0 Å². The van der Waals surface area contributed by atoms with Crippen molar-refractivity contribution in [3.8, 4) is 0 Å². The lowest BCUT2D eigenvalue weighted by atomic mass is 10.1. The molecule has 20 heavy (non-hydrogen) atoms. The summed E-state index contributed by atoms with van der Waals surface area (Å²) in [6.07, 6.45) is -2.27. The number of fused-ring (bicyclic) bond motifs is 1. The maximum atomic E-state index is 13.2. The van der Waals surface area contributed by atoms with Crippen LogP contribution in [0.1, 0.15) is 18.2 Å². The van der Waals surface area contributed by atoms with Crippen LogP contribution in [0.25, 0.3) is 15.7 Å². The first kappa shape index (κ1) is 14.2. The van der Waals surface area contributed by atoms with Gasteiger partial charge < -0.3 is 4.57 Å². The van der Waals surface area contributed by atoms with Crippen LogP contribution in [0.2, 0.25) is 0 Å². The van der Waals surface area contributed by atoms with Crippen LogP contribution in [0, 0.1) is 6.57 Å². The first-order valence-corrected chi connectivity index (χ1v) is 6.14. The molecule has 2 rings (SSSR count). The fraction of sp³-hybridized carbons (Fsp3) is 0.267. The summed E-state index contributed by atoms with van der Waals surface area (Å²) in [5.74, 6) is 0. The molecule has 0 amide bonds. The third kappa shape index (κ3) is 2.18. The van der Waals surface area contributed by atoms with Crippen LogP contribution in [-0.4, -0.2) is 4.57 Å². The van der Waals surface area contributed by atoms with E-state index in [9.17, 15) is 13.2 Å². The van der Waals surface area contributed by atoms with E-state index in [1.807, 2.05) is 6.92 Å². The van der Waals surface area contributed by atoms with Crippen molar-refractivity contribution in [3.05, 3.63) is 53.5 Å². The van der Waals surface area contributed by atoms with E-state index in [4.69, 9.17) is 6.57 Å². The van der Waals surface area contributed by atoms with Gasteiger partial charge in [0.05, 0.1) is 12.1 Å². The number of alkyl halides is 3. The molecule has 0 saturated heterocycles. The second-order valence-electron chi connectivity index (χ2n) is 4.39. The molecule has 1 heterocycles. The third-order valence-corrected chi connectivity index (χ3v) is 3.23. The van der Waals surface area contributed by atoms with Crippen LogP contribution >= 0.6 is 0 Å². The fourth-order valence-corrected chi connectivity index (χ4v) is 2.41. The van der Waals surface area contributed by atoms with E-state index in [1.165, 1.54) is 12.1 Å². The van der Waals surface area contributed by atoms with Gasteiger partial charge in [-0.05, 0) is 18.6 Å². The van der Waals surface area contributed by atoms with Gasteiger partial charge in [0.2, 0.25) is 0 Å². The van der Waals surface area contributed by atoms with Gasteiger partial charge in [-0.2, -0.15) is 13.2 Å². The summed E-state index contributed by atoms with van der Waals surface area (Å²) in [4.78, 5) is 3.00. The summed E-state index contributed by atoms with van der Waals surface area (Å²) >= 11 is 0. The zero-order valence-corrected chi connectivity index (χ0v) is 11.0. The number of benzene rings is 1. The molecule has 0 aliphatic rings. The van der Waals surface area contributed by atoms with Crippen LogP contribution in [0.3, 0.4) is 0 Å². The molecule has 0 saturated carbocycles. The highest BCUT2D eigenvalue weighted by Gasteiger charge is 2.36. The van der Waals surface area contributed by atoms with Gasteiger partial charge in [0.1, 0.15) is 0 Å². The molecule has 0 bridgehead atoms. The van der Waals surface area contributed by atoms with Crippen molar-refractivity contribution >= 4 is 16.6 Å². The Morgan fingerprint density at radius 2 is 2.10 bits per heavy atom. The van der Waals surface area contributed by atoms with Crippen LogP contribution in [0.5, 0.6) is 0 Å². The average Bonchev–Trinajstić information content (AvgIpc) is 2.74. The Balaban J connectivity index is 2.89. The highest BCUT2D eigenvalue weighted by molar-refractivity contribution is 5.90. The van der Waals surface area contributed by atoms with Crippen molar-refractivity contribution in [1.82, 2.24) is 4.57 Å². The van der Waals surface area contributed by atoms with Crippen LogP contribution in [-0.2, 0) is 19.1 Å². The molecule has 0 aliphatic carbocycles. The molecule has 0 radical (unpaired) electrons. The van der Waals surface area contributed by atoms with Crippen molar-refractivity contribution in [1.29, 1.82) is 0 Å². The second-order valence-corrected chi connectivity index (χ2v) is 4.39. The SMILES string of the molecule is [C-]#[N+]c1ccc2c(cc(CC)n2CC=C)c1C(F)(F)F. The summed E-state index contributed by atoms with van der Waals surface area (Å²) in [6.45, 7) is 12.9. The van der Waals surface area contributed by atoms with Crippen LogP contribution in [0.4, 0.5) is 18.9 Å². The molecule has 0 fully saturated rings. The number of allylic oxidation sites excluding steroid dienone is 1. The number of hydrogen-bond donors (Lipinski definition) is 0. The quantitative estimate of drug-likeness (QED) is 0.554. The number of halogens is 3. The minimum Gasteiger partial charge on any atom is -0.341 e. The first-order valence-electron chi connectivity index (χ1n) is 6.14. The van der Waals surface area contributed by atoms with Crippen LogP contribution in [0.15, 0.2) is 30.9 Å². The molecule has 5 heteroatoms. The third-order valence-electron chi connectivity index (χ3n) is 3.23. The Morgan fingerprint density at radius 1 is 1.40 bits per heavy atom. The molecule has 0 spiro atoms. The van der Waals surface area contributed by atoms with Gasteiger partial charge >= 0.3 is 6.18 Å². The van der Waals surface area contributed by atoms with Gasteiger partial charge in [0.15, 0.2) is 5.69 Å². The predicted molar refractivity (Wildman–Crippen MR) is 72.8 cm³/mol. The van der Waals surface area contributed by atoms with Gasteiger partial charge in [0.25, 0.3) is 0 Å². The molecule has 0 unspecified atom stereocenters. The minimum atomic E-state index is -4.54. The zero-order chi connectivity index (χ0) is 14.9. The Labute approximate surface area is 114 Å². The standard InChI is InChI=1S/C15H13F3N2/c1-4-8-20-10(5-2)9-11-13(20)7-6-12(19-3)14(11)15(16,17)18/h4,6-7,9H,1,5,8H2,2H3. The van der Waals surface area contributed by atoms with Gasteiger partial charge in [-0.3, -0.25) is 0 Å². The smallest absolute Gasteiger partial charge is 0.341 e. The highest BCUT2D eigenvalue weighted by atomic mass is 19.4. The minimum absolute atomic E-state index is 0.0877. The van der Waals surface area contributed by atoms with E-state index in [2.05, 4.69) is 11.4 Å². The van der Waals surface area contributed by atoms with Crippen molar-refractivity contribution < 1.29 is 13.2 Å². The van der Waals surface area contributed by atoms with Gasteiger partial charge in [-0.25, -0.2) is 4.85 Å². The Hall–Kier alpha value is -2.22. The summed E-state index contributed by atoms with van der Waals surface area (Å²) in [5.41, 5.74) is 0.0833. The Kier molecular flexibility index (Phi) is 3.58. The molecule has 104 valence electrons. The lowest BCUT2D eigenvalue weighted by Crippen LogP contribution is -2.06. The molecular weight excluding hydrogens is 265 g/mol. The number of aromatic nitrogens is 1. The van der Waals surface area contributed by atoms with E-state index in [1.54, 1.807) is 16.7 Å². The monoisotopic (exact) mass is 278 g/mol. The molecule has 1 aromatic heterocycles. The summed E-state index contributed by atoms with van der Waals surface area (Å²) in [6, 6.07) is 4.33. The van der Waals surface area contributed by atoms with Crippen molar-refractivity contribution in [2.75, 3.05) is 0 Å². The summed E-state index contributed by atoms with van der Waals surface area (Å²) in [5, 5.41) is 0.0877. The topological polar surface area (TPSA) is 9.29 Å². The van der Waals surface area contributed by atoms with Crippen molar-refractivity contribution in [2.45, 2.75) is 26.1 Å². The first-order chi connectivity index (χ1) is 9.43. The summed E-state index contributed by atoms with van der Waals surface area (Å²) in [7, 11) is 0. The lowest BCUT2D eigenvalue weighted by molar-refractivity contribution is -0.135. The van der Waals surface area contributed by atoms with Crippen LogP contribution < -0.4 is 0 Å². The zero-order valence-electron chi connectivity index (χ0n) is 11.0. The van der Waals surface area contributed by atoms with Crippen molar-refractivity contribution in [2.24, 2.45) is 0 Å². The average molecular weight is 278 g/mol. The Morgan fingerprint density at radius 3 is 2.60 bits per heavy atom. The number of rotatable bonds is 3. The van der Waals surface area contributed by atoms with Gasteiger partial charge in [-0.15, -0.1) is 6.58 Å². The van der Waals surface area contributed by atoms with Gasteiger partial charge in [-0.1, -0.05) is 19.1 Å². The van der Waals surface area contributed by atoms with Crippen molar-refractivity contribution in [3.63, 3.8) is 0 Å². The normalized spacial score (nSPS) is 11.6. The fourth-order valence-electron chi connectivity index (χ4n) is 2.41. The largest absolute Gasteiger partial charge is 0.408 e. The lowest BCUT2D eigenvalue weighted by Gasteiger charge is -2.11.